The van der Waals surface area contributed by atoms with Gasteiger partial charge in [-0.1, -0.05) is 24.3 Å². The summed E-state index contributed by atoms with van der Waals surface area (Å²) < 4.78 is 0. The summed E-state index contributed by atoms with van der Waals surface area (Å²) in [6.45, 7) is 0.780. The summed E-state index contributed by atoms with van der Waals surface area (Å²) in [5.41, 5.74) is 1.99. The first-order valence-electron chi connectivity index (χ1n) is 5.83. The Morgan fingerprint density at radius 2 is 1.17 bits per heavy atom. The van der Waals surface area contributed by atoms with Crippen LogP contribution in [0.25, 0.3) is 10.8 Å². The van der Waals surface area contributed by atoms with Crippen molar-refractivity contribution < 1.29 is 0 Å². The summed E-state index contributed by atoms with van der Waals surface area (Å²) in [4.78, 5) is 0. The second-order valence-corrected chi connectivity index (χ2v) is 4.59. The molecule has 0 fully saturated rings. The van der Waals surface area contributed by atoms with Crippen LogP contribution in [-0.2, 0) is 13.1 Å². The first-order valence-corrected chi connectivity index (χ1v) is 5.83. The molecule has 0 aliphatic heterocycles. The number of benzene rings is 2. The average molecular weight is 244 g/mol. The van der Waals surface area contributed by atoms with Crippen molar-refractivity contribution in [1.82, 2.24) is 10.1 Å². The molecule has 4 nitrogen and oxygen atoms in total. The molecule has 2 aromatic carbocycles. The number of hydroxylamine groups is 4. The van der Waals surface area contributed by atoms with Crippen LogP contribution in [0.4, 0.5) is 0 Å². The lowest BCUT2D eigenvalue weighted by Gasteiger charge is -2.22. The predicted molar refractivity (Wildman–Crippen MR) is 73.6 cm³/mol. The summed E-state index contributed by atoms with van der Waals surface area (Å²) in [5.74, 6) is 0. The van der Waals surface area contributed by atoms with Gasteiger partial charge in [-0.25, -0.2) is 0 Å². The lowest BCUT2D eigenvalue weighted by atomic mass is 10.0. The third-order valence-electron chi connectivity index (χ3n) is 2.78. The van der Waals surface area contributed by atoms with E-state index in [4.69, 9.17) is 0 Å². The maximum absolute atomic E-state index is 11.0. The highest BCUT2D eigenvalue weighted by atomic mass is 16.5. The Bertz CT molecular complexity index is 489. The third kappa shape index (κ3) is 3.27. The maximum atomic E-state index is 11.0. The molecular weight excluding hydrogens is 228 g/mol. The fourth-order valence-electron chi connectivity index (χ4n) is 2.06. The topological polar surface area (TPSA) is 52.6 Å². The molecular formula is C14H16N2O2-2. The fraction of sp³-hybridized carbons (Fsp3) is 0.286. The molecule has 0 N–H and O–H groups in total. The van der Waals surface area contributed by atoms with Crippen molar-refractivity contribution in [2.45, 2.75) is 13.1 Å². The standard InChI is InChI=1S/C14H16N2O2/c1-15(17)9-11-3-5-14-8-12(10-16(2)18)4-6-13(14)7-11/h3-8H,9-10H2,1-2H3/q-2. The van der Waals surface area contributed by atoms with Gasteiger partial charge in [0.25, 0.3) is 0 Å². The van der Waals surface area contributed by atoms with Gasteiger partial charge in [-0.05, 0) is 48.1 Å². The van der Waals surface area contributed by atoms with Crippen molar-refractivity contribution >= 4 is 10.8 Å². The van der Waals surface area contributed by atoms with Gasteiger partial charge in [0.15, 0.2) is 0 Å². The van der Waals surface area contributed by atoms with Gasteiger partial charge < -0.3 is 20.5 Å². The average Bonchev–Trinajstić information content (AvgIpc) is 2.27. The molecule has 0 radical (unpaired) electrons. The molecule has 0 spiro atoms. The van der Waals surface area contributed by atoms with Crippen LogP contribution in [-0.4, -0.2) is 24.2 Å². The molecule has 0 unspecified atom stereocenters. The van der Waals surface area contributed by atoms with E-state index in [0.29, 0.717) is 13.1 Å². The van der Waals surface area contributed by atoms with Crippen molar-refractivity contribution in [3.8, 4) is 0 Å². The van der Waals surface area contributed by atoms with E-state index in [1.54, 1.807) is 0 Å². The summed E-state index contributed by atoms with van der Waals surface area (Å²) >= 11 is 0. The molecule has 0 aromatic heterocycles. The van der Waals surface area contributed by atoms with Crippen LogP contribution in [0.1, 0.15) is 11.1 Å². The lowest BCUT2D eigenvalue weighted by molar-refractivity contribution is 0.453. The van der Waals surface area contributed by atoms with Gasteiger partial charge >= 0.3 is 0 Å². The van der Waals surface area contributed by atoms with E-state index in [1.807, 2.05) is 36.4 Å². The summed E-state index contributed by atoms with van der Waals surface area (Å²) in [6, 6.07) is 11.9. The molecule has 0 amide bonds. The molecule has 0 aliphatic rings. The van der Waals surface area contributed by atoms with Crippen LogP contribution in [0.2, 0.25) is 0 Å². The summed E-state index contributed by atoms with van der Waals surface area (Å²) in [5, 5.41) is 26.0. The van der Waals surface area contributed by atoms with E-state index in [2.05, 4.69) is 0 Å². The predicted octanol–water partition coefficient (Wildman–Crippen LogP) is 2.70. The maximum Gasteiger partial charge on any atom is 0.0112 e. The van der Waals surface area contributed by atoms with E-state index in [0.717, 1.165) is 32.0 Å². The molecule has 2 rings (SSSR count). The van der Waals surface area contributed by atoms with Gasteiger partial charge in [0.1, 0.15) is 0 Å². The molecule has 0 atom stereocenters. The molecule has 0 saturated carbocycles. The minimum absolute atomic E-state index is 0.390. The quantitative estimate of drug-likeness (QED) is 0.776. The van der Waals surface area contributed by atoms with E-state index < -0.39 is 0 Å². The van der Waals surface area contributed by atoms with E-state index in [-0.39, 0.29) is 0 Å². The first kappa shape index (κ1) is 13.0. The molecule has 0 aliphatic carbocycles. The number of hydrogen-bond acceptors (Lipinski definition) is 4. The third-order valence-corrected chi connectivity index (χ3v) is 2.78. The van der Waals surface area contributed by atoms with Gasteiger partial charge in [-0.3, -0.25) is 0 Å². The smallest absolute Gasteiger partial charge is 0.0112 e. The van der Waals surface area contributed by atoms with Gasteiger partial charge in [-0.15, -0.1) is 0 Å². The normalized spacial score (nSPS) is 11.7. The van der Waals surface area contributed by atoms with Crippen LogP contribution in [0, 0.1) is 10.4 Å². The SMILES string of the molecule is CN([O-])Cc1ccc2cc(CN(C)[O-])ccc2c1. The van der Waals surface area contributed by atoms with Crippen molar-refractivity contribution in [3.63, 3.8) is 0 Å². The highest BCUT2D eigenvalue weighted by Gasteiger charge is 1.99. The highest BCUT2D eigenvalue weighted by molar-refractivity contribution is 5.83. The largest absolute Gasteiger partial charge is 0.785 e. The minimum Gasteiger partial charge on any atom is -0.785 e. The van der Waals surface area contributed by atoms with E-state index in [9.17, 15) is 10.4 Å². The van der Waals surface area contributed by atoms with E-state index in [1.165, 1.54) is 14.1 Å². The molecule has 0 heterocycles. The van der Waals surface area contributed by atoms with Crippen LogP contribution >= 0.6 is 0 Å². The van der Waals surface area contributed by atoms with Crippen molar-refractivity contribution in [2.75, 3.05) is 14.1 Å². The Hall–Kier alpha value is -1.46. The first-order chi connectivity index (χ1) is 8.54. The Morgan fingerprint density at radius 1 is 0.778 bits per heavy atom. The van der Waals surface area contributed by atoms with Crippen molar-refractivity contribution in [3.05, 3.63) is 57.9 Å². The Labute approximate surface area is 107 Å². The van der Waals surface area contributed by atoms with Crippen LogP contribution in [0.5, 0.6) is 0 Å². The highest BCUT2D eigenvalue weighted by Crippen LogP contribution is 2.19. The zero-order chi connectivity index (χ0) is 13.1. The molecule has 18 heavy (non-hydrogen) atoms. The second kappa shape index (κ2) is 5.46. The molecule has 0 saturated heterocycles. The Kier molecular flexibility index (Phi) is 3.93. The number of hydrogen-bond donors (Lipinski definition) is 0. The summed E-state index contributed by atoms with van der Waals surface area (Å²) in [7, 11) is 3.02. The van der Waals surface area contributed by atoms with Crippen LogP contribution in [0.3, 0.4) is 0 Å². The van der Waals surface area contributed by atoms with Gasteiger partial charge in [-0.2, -0.15) is 0 Å². The molecule has 0 bridgehead atoms. The molecule has 4 heteroatoms. The van der Waals surface area contributed by atoms with Crippen LogP contribution in [0.15, 0.2) is 36.4 Å². The van der Waals surface area contributed by atoms with Gasteiger partial charge in [0.2, 0.25) is 0 Å². The van der Waals surface area contributed by atoms with Crippen LogP contribution < -0.4 is 0 Å². The number of nitrogens with zero attached hydrogens (tertiary/aromatic N) is 2. The monoisotopic (exact) mass is 244 g/mol. The zero-order valence-corrected chi connectivity index (χ0v) is 10.6. The van der Waals surface area contributed by atoms with E-state index >= 15 is 0 Å². The number of fused-ring (bicyclic) bond motifs is 1. The summed E-state index contributed by atoms with van der Waals surface area (Å²) in [6.07, 6.45) is 0. The van der Waals surface area contributed by atoms with Crippen molar-refractivity contribution in [1.29, 1.82) is 0 Å². The van der Waals surface area contributed by atoms with Gasteiger partial charge in [0.05, 0.1) is 0 Å². The number of rotatable bonds is 4. The Balaban J connectivity index is 2.30. The Morgan fingerprint density at radius 3 is 1.50 bits per heavy atom. The fourth-order valence-corrected chi connectivity index (χ4v) is 2.06. The molecule has 96 valence electrons. The van der Waals surface area contributed by atoms with Gasteiger partial charge in [0, 0.05) is 13.1 Å². The molecule has 2 aromatic rings. The van der Waals surface area contributed by atoms with Crippen molar-refractivity contribution in [2.24, 2.45) is 0 Å². The second-order valence-electron chi connectivity index (χ2n) is 4.59. The zero-order valence-electron chi connectivity index (χ0n) is 10.6. The lowest BCUT2D eigenvalue weighted by Crippen LogP contribution is -2.08. The minimum atomic E-state index is 0.390.